The maximum absolute atomic E-state index is 9.91. The summed E-state index contributed by atoms with van der Waals surface area (Å²) in [7, 11) is 0. The number of unbranched alkanes of at least 4 members (excludes halogenated alkanes) is 15. The van der Waals surface area contributed by atoms with Gasteiger partial charge in [0.15, 0.2) is 0 Å². The predicted molar refractivity (Wildman–Crippen MR) is 132 cm³/mol. The zero-order chi connectivity index (χ0) is 22.2. The van der Waals surface area contributed by atoms with E-state index in [4.69, 9.17) is 9.47 Å². The molecule has 1 rings (SSSR count). The SMILES string of the molecule is CCCCCCCCCCCCCCCCCCOC[C@@H](O)COCc1ccccc1. The largest absolute Gasteiger partial charge is 0.388 e. The molecule has 0 saturated carbocycles. The van der Waals surface area contributed by atoms with Crippen LogP contribution in [0, 0.1) is 0 Å². The first-order valence-electron chi connectivity index (χ1n) is 13.2. The van der Waals surface area contributed by atoms with E-state index in [-0.39, 0.29) is 0 Å². The lowest BCUT2D eigenvalue weighted by Gasteiger charge is -2.12. The molecule has 0 unspecified atom stereocenters. The first-order chi connectivity index (χ1) is 15.3. The van der Waals surface area contributed by atoms with Crippen LogP contribution in [0.2, 0.25) is 0 Å². The Balaban J connectivity index is 1.72. The molecule has 1 atom stereocenters. The van der Waals surface area contributed by atoms with Gasteiger partial charge < -0.3 is 14.6 Å². The van der Waals surface area contributed by atoms with Gasteiger partial charge in [-0.1, -0.05) is 134 Å². The summed E-state index contributed by atoms with van der Waals surface area (Å²) >= 11 is 0. The monoisotopic (exact) mass is 434 g/mol. The van der Waals surface area contributed by atoms with Crippen LogP contribution in [-0.2, 0) is 16.1 Å². The lowest BCUT2D eigenvalue weighted by molar-refractivity contribution is -0.0239. The molecule has 0 saturated heterocycles. The molecule has 0 aliphatic carbocycles. The molecule has 31 heavy (non-hydrogen) atoms. The molecule has 0 fully saturated rings. The van der Waals surface area contributed by atoms with Crippen molar-refractivity contribution in [3.8, 4) is 0 Å². The Morgan fingerprint density at radius 1 is 0.613 bits per heavy atom. The zero-order valence-corrected chi connectivity index (χ0v) is 20.4. The molecule has 0 radical (unpaired) electrons. The standard InChI is InChI=1S/C28H50O3/c1-2-3-4-5-6-7-8-9-10-11-12-13-14-15-16-20-23-30-25-28(29)26-31-24-27-21-18-17-19-22-27/h17-19,21-22,28-29H,2-16,20,23-26H2,1H3/t28-/m1/s1. The number of hydrogen-bond acceptors (Lipinski definition) is 3. The second kappa shape index (κ2) is 22.3. The van der Waals surface area contributed by atoms with Crippen molar-refractivity contribution >= 4 is 0 Å². The molecule has 1 N–H and O–H groups in total. The van der Waals surface area contributed by atoms with Crippen LogP contribution in [0.25, 0.3) is 0 Å². The summed E-state index contributed by atoms with van der Waals surface area (Å²) in [5.41, 5.74) is 1.13. The minimum absolute atomic E-state index is 0.327. The van der Waals surface area contributed by atoms with Gasteiger partial charge in [-0.25, -0.2) is 0 Å². The highest BCUT2D eigenvalue weighted by atomic mass is 16.5. The Morgan fingerprint density at radius 3 is 1.58 bits per heavy atom. The Bertz CT molecular complexity index is 463. The molecule has 1 aromatic rings. The van der Waals surface area contributed by atoms with E-state index in [0.717, 1.165) is 18.6 Å². The fraction of sp³-hybridized carbons (Fsp3) is 0.786. The van der Waals surface area contributed by atoms with Gasteiger partial charge in [-0.3, -0.25) is 0 Å². The highest BCUT2D eigenvalue weighted by Crippen LogP contribution is 2.13. The fourth-order valence-corrected chi connectivity index (χ4v) is 3.91. The molecule has 3 nitrogen and oxygen atoms in total. The van der Waals surface area contributed by atoms with E-state index in [9.17, 15) is 5.11 Å². The summed E-state index contributed by atoms with van der Waals surface area (Å²) in [6.45, 7) is 4.26. The summed E-state index contributed by atoms with van der Waals surface area (Å²) in [5.74, 6) is 0. The van der Waals surface area contributed by atoms with Crippen molar-refractivity contribution in [2.45, 2.75) is 122 Å². The number of aliphatic hydroxyl groups is 1. The Morgan fingerprint density at radius 2 is 1.06 bits per heavy atom. The zero-order valence-electron chi connectivity index (χ0n) is 20.4. The molecule has 1 aromatic carbocycles. The number of hydrogen-bond donors (Lipinski definition) is 1. The lowest BCUT2D eigenvalue weighted by Crippen LogP contribution is -2.22. The van der Waals surface area contributed by atoms with Crippen molar-refractivity contribution in [3.63, 3.8) is 0 Å². The van der Waals surface area contributed by atoms with E-state index in [1.165, 1.54) is 96.3 Å². The normalized spacial score (nSPS) is 12.3. The topological polar surface area (TPSA) is 38.7 Å². The third-order valence-electron chi connectivity index (χ3n) is 5.87. The van der Waals surface area contributed by atoms with Crippen LogP contribution in [0.1, 0.15) is 115 Å². The third kappa shape index (κ3) is 19.5. The van der Waals surface area contributed by atoms with Crippen molar-refractivity contribution < 1.29 is 14.6 Å². The second-order valence-electron chi connectivity index (χ2n) is 9.03. The first-order valence-corrected chi connectivity index (χ1v) is 13.2. The summed E-state index contributed by atoms with van der Waals surface area (Å²) < 4.78 is 11.1. The summed E-state index contributed by atoms with van der Waals surface area (Å²) in [4.78, 5) is 0. The van der Waals surface area contributed by atoms with Crippen LogP contribution in [0.15, 0.2) is 30.3 Å². The summed E-state index contributed by atoms with van der Waals surface area (Å²) in [5, 5.41) is 9.91. The van der Waals surface area contributed by atoms with E-state index in [1.54, 1.807) is 0 Å². The summed E-state index contributed by atoms with van der Waals surface area (Å²) in [6.07, 6.45) is 21.5. The highest BCUT2D eigenvalue weighted by Gasteiger charge is 2.04. The van der Waals surface area contributed by atoms with Crippen LogP contribution < -0.4 is 0 Å². The average molecular weight is 435 g/mol. The van der Waals surface area contributed by atoms with Crippen molar-refractivity contribution in [2.75, 3.05) is 19.8 Å². The maximum atomic E-state index is 9.91. The second-order valence-corrected chi connectivity index (χ2v) is 9.03. The van der Waals surface area contributed by atoms with Gasteiger partial charge in [-0.15, -0.1) is 0 Å². The molecule has 3 heteroatoms. The molecule has 0 aliphatic rings. The van der Waals surface area contributed by atoms with Gasteiger partial charge in [0.2, 0.25) is 0 Å². The van der Waals surface area contributed by atoms with Crippen molar-refractivity contribution in [1.82, 2.24) is 0 Å². The van der Waals surface area contributed by atoms with E-state index in [1.807, 2.05) is 30.3 Å². The molecular weight excluding hydrogens is 384 g/mol. The van der Waals surface area contributed by atoms with E-state index < -0.39 is 6.10 Å². The molecule has 0 aliphatic heterocycles. The Kier molecular flexibility index (Phi) is 20.2. The molecule has 0 amide bonds. The van der Waals surface area contributed by atoms with Crippen molar-refractivity contribution in [2.24, 2.45) is 0 Å². The molecule has 0 aromatic heterocycles. The fourth-order valence-electron chi connectivity index (χ4n) is 3.91. The van der Waals surface area contributed by atoms with Crippen LogP contribution in [0.3, 0.4) is 0 Å². The number of rotatable bonds is 23. The smallest absolute Gasteiger partial charge is 0.101 e. The molecule has 0 heterocycles. The van der Waals surface area contributed by atoms with Gasteiger partial charge in [0.25, 0.3) is 0 Å². The third-order valence-corrected chi connectivity index (χ3v) is 5.87. The molecule has 0 bridgehead atoms. The maximum Gasteiger partial charge on any atom is 0.101 e. The number of ether oxygens (including phenoxy) is 2. The van der Waals surface area contributed by atoms with Crippen LogP contribution in [0.5, 0.6) is 0 Å². The summed E-state index contributed by atoms with van der Waals surface area (Å²) in [6, 6.07) is 10.0. The van der Waals surface area contributed by atoms with Gasteiger partial charge in [0.1, 0.15) is 6.10 Å². The van der Waals surface area contributed by atoms with Crippen LogP contribution in [0.4, 0.5) is 0 Å². The van der Waals surface area contributed by atoms with E-state index in [2.05, 4.69) is 6.92 Å². The van der Waals surface area contributed by atoms with Gasteiger partial charge in [-0.2, -0.15) is 0 Å². The molecular formula is C28H50O3. The average Bonchev–Trinajstić information content (AvgIpc) is 2.79. The predicted octanol–water partition coefficient (Wildman–Crippen LogP) is 7.84. The first kappa shape index (κ1) is 28.1. The Hall–Kier alpha value is -0.900. The van der Waals surface area contributed by atoms with Gasteiger partial charge in [0, 0.05) is 6.61 Å². The number of benzene rings is 1. The minimum Gasteiger partial charge on any atom is -0.388 e. The van der Waals surface area contributed by atoms with Gasteiger partial charge >= 0.3 is 0 Å². The van der Waals surface area contributed by atoms with Crippen molar-refractivity contribution in [1.29, 1.82) is 0 Å². The lowest BCUT2D eigenvalue weighted by atomic mass is 10.0. The van der Waals surface area contributed by atoms with Crippen LogP contribution >= 0.6 is 0 Å². The highest BCUT2D eigenvalue weighted by molar-refractivity contribution is 5.13. The van der Waals surface area contributed by atoms with E-state index >= 15 is 0 Å². The molecule has 0 spiro atoms. The van der Waals surface area contributed by atoms with Crippen molar-refractivity contribution in [3.05, 3.63) is 35.9 Å². The molecule has 180 valence electrons. The van der Waals surface area contributed by atoms with Gasteiger partial charge in [-0.05, 0) is 12.0 Å². The quantitative estimate of drug-likeness (QED) is 0.178. The Labute approximate surface area is 192 Å². The number of aliphatic hydroxyl groups excluding tert-OH is 1. The van der Waals surface area contributed by atoms with Gasteiger partial charge in [0.05, 0.1) is 19.8 Å². The minimum atomic E-state index is -0.537. The van der Waals surface area contributed by atoms with E-state index in [0.29, 0.717) is 19.8 Å². The van der Waals surface area contributed by atoms with Crippen LogP contribution in [-0.4, -0.2) is 31.0 Å².